The van der Waals surface area contributed by atoms with E-state index < -0.39 is 10.0 Å². The molecule has 1 saturated heterocycles. The second-order valence-electron chi connectivity index (χ2n) is 7.62. The summed E-state index contributed by atoms with van der Waals surface area (Å²) in [6.45, 7) is 4.07. The number of anilines is 1. The summed E-state index contributed by atoms with van der Waals surface area (Å²) >= 11 is 0. The fourth-order valence-electron chi connectivity index (χ4n) is 4.03. The second kappa shape index (κ2) is 7.34. The van der Waals surface area contributed by atoms with Gasteiger partial charge in [0.25, 0.3) is 0 Å². The normalized spacial score (nSPS) is 15.7. The molecule has 0 saturated carbocycles. The van der Waals surface area contributed by atoms with Gasteiger partial charge in [-0.25, -0.2) is 18.4 Å². The van der Waals surface area contributed by atoms with Gasteiger partial charge in [0.2, 0.25) is 10.0 Å². The van der Waals surface area contributed by atoms with Gasteiger partial charge >= 0.3 is 0 Å². The lowest BCUT2D eigenvalue weighted by Crippen LogP contribution is -2.49. The van der Waals surface area contributed by atoms with Crippen molar-refractivity contribution in [3.05, 3.63) is 72.6 Å². The summed E-state index contributed by atoms with van der Waals surface area (Å²) in [4.78, 5) is 11.3. The van der Waals surface area contributed by atoms with Gasteiger partial charge in [0, 0.05) is 31.6 Å². The molecule has 6 nitrogen and oxygen atoms in total. The van der Waals surface area contributed by atoms with E-state index in [1.807, 2.05) is 49.4 Å². The first-order valence-corrected chi connectivity index (χ1v) is 11.4. The highest BCUT2D eigenvalue weighted by molar-refractivity contribution is 7.89. The van der Waals surface area contributed by atoms with Gasteiger partial charge in [0.1, 0.15) is 12.1 Å². The summed E-state index contributed by atoms with van der Waals surface area (Å²) in [5.74, 6) is 0.867. The standard InChI is InChI=1S/C23H22N4O2S/c1-17-6-9-22-21(14-17)23(25-16-24-22)26-10-12-27(13-11-26)30(28,29)20-8-7-18-4-2-3-5-19(18)15-20/h2-9,14-16H,10-13H2,1H3. The van der Waals surface area contributed by atoms with E-state index in [0.717, 1.165) is 33.1 Å². The third-order valence-electron chi connectivity index (χ3n) is 5.67. The Morgan fingerprint density at radius 1 is 0.833 bits per heavy atom. The summed E-state index contributed by atoms with van der Waals surface area (Å²) in [5, 5.41) is 2.97. The van der Waals surface area contributed by atoms with Crippen molar-refractivity contribution >= 4 is 37.5 Å². The smallest absolute Gasteiger partial charge is 0.243 e. The highest BCUT2D eigenvalue weighted by atomic mass is 32.2. The summed E-state index contributed by atoms with van der Waals surface area (Å²) in [6, 6.07) is 19.2. The summed E-state index contributed by atoms with van der Waals surface area (Å²) in [7, 11) is -3.53. The van der Waals surface area contributed by atoms with Gasteiger partial charge < -0.3 is 4.90 Å². The highest BCUT2D eigenvalue weighted by Crippen LogP contribution is 2.27. The van der Waals surface area contributed by atoms with E-state index in [9.17, 15) is 8.42 Å². The van der Waals surface area contributed by atoms with E-state index >= 15 is 0 Å². The number of fused-ring (bicyclic) bond motifs is 2. The molecule has 1 aliphatic rings. The van der Waals surface area contributed by atoms with Crippen molar-refractivity contribution in [2.75, 3.05) is 31.1 Å². The molecule has 0 radical (unpaired) electrons. The number of nitrogens with zero attached hydrogens (tertiary/aromatic N) is 4. The highest BCUT2D eigenvalue weighted by Gasteiger charge is 2.29. The van der Waals surface area contributed by atoms with Crippen molar-refractivity contribution in [1.29, 1.82) is 0 Å². The minimum Gasteiger partial charge on any atom is -0.353 e. The maximum Gasteiger partial charge on any atom is 0.243 e. The zero-order valence-corrected chi connectivity index (χ0v) is 17.5. The number of hydrogen-bond acceptors (Lipinski definition) is 5. The number of aromatic nitrogens is 2. The predicted molar refractivity (Wildman–Crippen MR) is 119 cm³/mol. The van der Waals surface area contributed by atoms with E-state index in [-0.39, 0.29) is 0 Å². The molecule has 0 spiro atoms. The lowest BCUT2D eigenvalue weighted by atomic mass is 10.1. The van der Waals surface area contributed by atoms with Crippen LogP contribution in [0.1, 0.15) is 5.56 Å². The van der Waals surface area contributed by atoms with Crippen molar-refractivity contribution in [2.45, 2.75) is 11.8 Å². The molecular formula is C23H22N4O2S. The topological polar surface area (TPSA) is 66.4 Å². The lowest BCUT2D eigenvalue weighted by molar-refractivity contribution is 0.384. The Balaban J connectivity index is 1.39. The SMILES string of the molecule is Cc1ccc2ncnc(N3CCN(S(=O)(=O)c4ccc5ccccc5c4)CC3)c2c1. The number of piperazine rings is 1. The van der Waals surface area contributed by atoms with Gasteiger partial charge in [0.05, 0.1) is 10.4 Å². The first-order valence-electron chi connectivity index (χ1n) is 9.98. The molecule has 0 amide bonds. The number of rotatable bonds is 3. The Labute approximate surface area is 175 Å². The van der Waals surface area contributed by atoms with Gasteiger partial charge in [-0.1, -0.05) is 42.0 Å². The van der Waals surface area contributed by atoms with Crippen LogP contribution in [0.4, 0.5) is 5.82 Å². The fraction of sp³-hybridized carbons (Fsp3) is 0.217. The molecule has 152 valence electrons. The van der Waals surface area contributed by atoms with Crippen LogP contribution in [0, 0.1) is 6.92 Å². The number of hydrogen-bond donors (Lipinski definition) is 0. The van der Waals surface area contributed by atoms with Crippen LogP contribution < -0.4 is 4.90 Å². The van der Waals surface area contributed by atoms with Crippen LogP contribution >= 0.6 is 0 Å². The van der Waals surface area contributed by atoms with Crippen LogP contribution in [-0.2, 0) is 10.0 Å². The quantitative estimate of drug-likeness (QED) is 0.509. The molecule has 0 aliphatic carbocycles. The molecule has 30 heavy (non-hydrogen) atoms. The van der Waals surface area contributed by atoms with E-state index in [1.54, 1.807) is 22.8 Å². The third kappa shape index (κ3) is 3.30. The number of aryl methyl sites for hydroxylation is 1. The maximum atomic E-state index is 13.2. The molecule has 3 aromatic carbocycles. The molecule has 0 unspecified atom stereocenters. The molecular weight excluding hydrogens is 396 g/mol. The molecule has 5 rings (SSSR count). The van der Waals surface area contributed by atoms with Crippen molar-refractivity contribution < 1.29 is 8.42 Å². The molecule has 0 atom stereocenters. The first-order chi connectivity index (χ1) is 14.5. The number of sulfonamides is 1. The molecule has 2 heterocycles. The van der Waals surface area contributed by atoms with Crippen molar-refractivity contribution in [3.63, 3.8) is 0 Å². The van der Waals surface area contributed by atoms with Gasteiger partial charge in [-0.3, -0.25) is 0 Å². The van der Waals surface area contributed by atoms with E-state index in [4.69, 9.17) is 0 Å². The van der Waals surface area contributed by atoms with Gasteiger partial charge in [-0.05, 0) is 42.0 Å². The summed E-state index contributed by atoms with van der Waals surface area (Å²) in [6.07, 6.45) is 1.57. The monoisotopic (exact) mass is 418 g/mol. The van der Waals surface area contributed by atoms with Crippen LogP contribution in [0.15, 0.2) is 71.9 Å². The molecule has 1 aliphatic heterocycles. The Bertz CT molecular complexity index is 1350. The van der Waals surface area contributed by atoms with Crippen molar-refractivity contribution in [1.82, 2.24) is 14.3 Å². The van der Waals surface area contributed by atoms with Gasteiger partial charge in [0.15, 0.2) is 0 Å². The predicted octanol–water partition coefficient (Wildman–Crippen LogP) is 3.60. The Kier molecular flexibility index (Phi) is 4.64. The molecule has 1 fully saturated rings. The average molecular weight is 419 g/mol. The minimum atomic E-state index is -3.53. The zero-order valence-electron chi connectivity index (χ0n) is 16.7. The molecule has 1 aromatic heterocycles. The molecule has 4 aromatic rings. The largest absolute Gasteiger partial charge is 0.353 e. The second-order valence-corrected chi connectivity index (χ2v) is 9.56. The third-order valence-corrected chi connectivity index (χ3v) is 7.56. The van der Waals surface area contributed by atoms with E-state index in [2.05, 4.69) is 20.9 Å². The molecule has 0 N–H and O–H groups in total. The van der Waals surface area contributed by atoms with Crippen molar-refractivity contribution in [2.24, 2.45) is 0 Å². The van der Waals surface area contributed by atoms with Crippen LogP contribution in [-0.4, -0.2) is 48.9 Å². The van der Waals surface area contributed by atoms with Crippen molar-refractivity contribution in [3.8, 4) is 0 Å². The average Bonchev–Trinajstić information content (AvgIpc) is 2.78. The van der Waals surface area contributed by atoms with Crippen LogP contribution in [0.2, 0.25) is 0 Å². The molecule has 7 heteroatoms. The molecule has 0 bridgehead atoms. The zero-order chi connectivity index (χ0) is 20.7. The summed E-state index contributed by atoms with van der Waals surface area (Å²) < 4.78 is 28.0. The Morgan fingerprint density at radius 2 is 1.60 bits per heavy atom. The summed E-state index contributed by atoms with van der Waals surface area (Å²) in [5.41, 5.74) is 2.05. The van der Waals surface area contributed by atoms with Crippen LogP contribution in [0.5, 0.6) is 0 Å². The van der Waals surface area contributed by atoms with E-state index in [0.29, 0.717) is 31.1 Å². The van der Waals surface area contributed by atoms with Crippen LogP contribution in [0.25, 0.3) is 21.7 Å². The number of benzene rings is 3. The van der Waals surface area contributed by atoms with Gasteiger partial charge in [-0.2, -0.15) is 4.31 Å². The fourth-order valence-corrected chi connectivity index (χ4v) is 5.48. The Morgan fingerprint density at radius 3 is 2.40 bits per heavy atom. The van der Waals surface area contributed by atoms with Crippen LogP contribution in [0.3, 0.4) is 0 Å². The Hall–Kier alpha value is -3.03. The van der Waals surface area contributed by atoms with E-state index in [1.165, 1.54) is 0 Å². The van der Waals surface area contributed by atoms with Gasteiger partial charge in [-0.15, -0.1) is 0 Å². The first kappa shape index (κ1) is 19.0. The minimum absolute atomic E-state index is 0.345. The lowest BCUT2D eigenvalue weighted by Gasteiger charge is -2.35. The maximum absolute atomic E-state index is 13.2.